The molecule has 27 heavy (non-hydrogen) atoms. The van der Waals surface area contributed by atoms with E-state index in [1.807, 2.05) is 24.3 Å². The number of aromatic nitrogens is 3. The zero-order valence-corrected chi connectivity index (χ0v) is 14.8. The lowest BCUT2D eigenvalue weighted by atomic mass is 9.96. The van der Waals surface area contributed by atoms with Crippen molar-refractivity contribution in [2.45, 2.75) is 38.0 Å². The predicted molar refractivity (Wildman–Crippen MR) is 100 cm³/mol. The highest BCUT2D eigenvalue weighted by molar-refractivity contribution is 5.72. The van der Waals surface area contributed by atoms with Gasteiger partial charge in [-0.1, -0.05) is 18.6 Å². The molecule has 2 atom stereocenters. The standard InChI is InChI=1S/C21H20FN3O2/c22-16-5-1-2-7-20(16)27-21-11-10-18(24-25-21)15-9-8-14(13-19(15)26)17-6-3-4-12-23-17/h3-4,6,8-13,16,20,26H,1-2,5,7H2/t16-,20+/m1/s1. The van der Waals surface area contributed by atoms with Crippen LogP contribution in [0.4, 0.5) is 4.39 Å². The SMILES string of the molecule is Oc1cc(-c2ccccn2)ccc1-c1ccc(O[C@H]2CCCC[C@H]2F)nn1. The Balaban J connectivity index is 1.52. The van der Waals surface area contributed by atoms with Crippen LogP contribution in [0.5, 0.6) is 11.6 Å². The molecule has 1 aliphatic rings. The minimum Gasteiger partial charge on any atom is -0.507 e. The minimum absolute atomic E-state index is 0.0947. The highest BCUT2D eigenvalue weighted by atomic mass is 19.1. The number of phenols is 1. The first-order valence-corrected chi connectivity index (χ1v) is 9.10. The van der Waals surface area contributed by atoms with Crippen molar-refractivity contribution in [1.82, 2.24) is 15.2 Å². The number of hydrogen-bond acceptors (Lipinski definition) is 5. The number of halogens is 1. The summed E-state index contributed by atoms with van der Waals surface area (Å²) in [6, 6.07) is 14.3. The Labute approximate surface area is 156 Å². The molecule has 0 spiro atoms. The summed E-state index contributed by atoms with van der Waals surface area (Å²) in [5.74, 6) is 0.398. The molecular formula is C21H20FN3O2. The average Bonchev–Trinajstić information content (AvgIpc) is 2.71. The molecule has 0 saturated heterocycles. The molecule has 0 unspecified atom stereocenters. The molecule has 1 saturated carbocycles. The van der Waals surface area contributed by atoms with E-state index in [1.165, 1.54) is 0 Å². The van der Waals surface area contributed by atoms with Crippen molar-refractivity contribution in [3.63, 3.8) is 0 Å². The van der Waals surface area contributed by atoms with Crippen molar-refractivity contribution in [1.29, 1.82) is 0 Å². The smallest absolute Gasteiger partial charge is 0.233 e. The van der Waals surface area contributed by atoms with E-state index in [4.69, 9.17) is 4.74 Å². The molecule has 0 aliphatic heterocycles. The van der Waals surface area contributed by atoms with Gasteiger partial charge in [0.25, 0.3) is 0 Å². The Bertz CT molecular complexity index is 903. The van der Waals surface area contributed by atoms with Crippen LogP contribution in [0.15, 0.2) is 54.7 Å². The summed E-state index contributed by atoms with van der Waals surface area (Å²) in [4.78, 5) is 4.28. The van der Waals surface area contributed by atoms with Crippen molar-refractivity contribution < 1.29 is 14.2 Å². The number of rotatable bonds is 4. The summed E-state index contributed by atoms with van der Waals surface area (Å²) in [5.41, 5.74) is 2.68. The maximum atomic E-state index is 13.9. The molecule has 0 bridgehead atoms. The number of nitrogens with zero attached hydrogens (tertiary/aromatic N) is 3. The lowest BCUT2D eigenvalue weighted by molar-refractivity contribution is 0.0594. The molecule has 0 radical (unpaired) electrons. The van der Waals surface area contributed by atoms with E-state index in [-0.39, 0.29) is 5.75 Å². The van der Waals surface area contributed by atoms with Crippen LogP contribution in [0, 0.1) is 0 Å². The lowest BCUT2D eigenvalue weighted by Crippen LogP contribution is -2.32. The van der Waals surface area contributed by atoms with Crippen LogP contribution >= 0.6 is 0 Å². The third-order valence-corrected chi connectivity index (χ3v) is 4.77. The molecule has 2 aromatic heterocycles. The normalized spacial score (nSPS) is 19.6. The Morgan fingerprint density at radius 2 is 1.85 bits per heavy atom. The van der Waals surface area contributed by atoms with Gasteiger partial charge in [-0.15, -0.1) is 10.2 Å². The van der Waals surface area contributed by atoms with Gasteiger partial charge in [0, 0.05) is 23.4 Å². The first-order chi connectivity index (χ1) is 13.2. The molecule has 2 heterocycles. The van der Waals surface area contributed by atoms with Gasteiger partial charge in [-0.2, -0.15) is 0 Å². The van der Waals surface area contributed by atoms with E-state index in [9.17, 15) is 9.50 Å². The first-order valence-electron chi connectivity index (χ1n) is 9.10. The van der Waals surface area contributed by atoms with E-state index in [2.05, 4.69) is 15.2 Å². The second kappa shape index (κ2) is 7.70. The lowest BCUT2D eigenvalue weighted by Gasteiger charge is -2.25. The molecule has 3 aromatic rings. The molecule has 138 valence electrons. The molecule has 4 rings (SSSR count). The molecule has 1 fully saturated rings. The van der Waals surface area contributed by atoms with Gasteiger partial charge in [0.2, 0.25) is 5.88 Å². The highest BCUT2D eigenvalue weighted by Gasteiger charge is 2.26. The van der Waals surface area contributed by atoms with Crippen LogP contribution in [-0.4, -0.2) is 32.6 Å². The Morgan fingerprint density at radius 3 is 2.56 bits per heavy atom. The summed E-state index contributed by atoms with van der Waals surface area (Å²) < 4.78 is 19.5. The number of phenolic OH excluding ortho intramolecular Hbond substituents is 1. The predicted octanol–water partition coefficient (Wildman–Crippen LogP) is 4.57. The molecule has 5 nitrogen and oxygen atoms in total. The Kier molecular flexibility index (Phi) is 4.96. The molecule has 1 aliphatic carbocycles. The maximum Gasteiger partial charge on any atom is 0.233 e. The number of ether oxygens (including phenoxy) is 1. The first kappa shape index (κ1) is 17.4. The van der Waals surface area contributed by atoms with Gasteiger partial charge in [0.1, 0.15) is 18.0 Å². The fourth-order valence-electron chi connectivity index (χ4n) is 3.31. The number of alkyl halides is 1. The van der Waals surface area contributed by atoms with Crippen molar-refractivity contribution >= 4 is 0 Å². The Morgan fingerprint density at radius 1 is 0.963 bits per heavy atom. The van der Waals surface area contributed by atoms with Crippen LogP contribution in [-0.2, 0) is 0 Å². The van der Waals surface area contributed by atoms with Crippen molar-refractivity contribution in [2.75, 3.05) is 0 Å². The molecule has 1 N–H and O–H groups in total. The summed E-state index contributed by atoms with van der Waals surface area (Å²) in [6.07, 6.45) is 3.39. The third kappa shape index (κ3) is 3.89. The van der Waals surface area contributed by atoms with Crippen molar-refractivity contribution in [3.05, 3.63) is 54.7 Å². The maximum absolute atomic E-state index is 13.9. The topological polar surface area (TPSA) is 68.1 Å². The van der Waals surface area contributed by atoms with E-state index in [0.29, 0.717) is 30.0 Å². The second-order valence-corrected chi connectivity index (χ2v) is 6.66. The fraction of sp³-hybridized carbons (Fsp3) is 0.286. The van der Waals surface area contributed by atoms with Crippen molar-refractivity contribution in [2.24, 2.45) is 0 Å². The van der Waals surface area contributed by atoms with Gasteiger partial charge >= 0.3 is 0 Å². The highest BCUT2D eigenvalue weighted by Crippen LogP contribution is 2.32. The van der Waals surface area contributed by atoms with Crippen LogP contribution in [0.25, 0.3) is 22.5 Å². The largest absolute Gasteiger partial charge is 0.507 e. The number of hydrogen-bond donors (Lipinski definition) is 1. The fourth-order valence-corrected chi connectivity index (χ4v) is 3.31. The number of pyridine rings is 1. The summed E-state index contributed by atoms with van der Waals surface area (Å²) in [6.45, 7) is 0. The zero-order chi connectivity index (χ0) is 18.6. The van der Waals surface area contributed by atoms with E-state index >= 15 is 0 Å². The molecular weight excluding hydrogens is 345 g/mol. The summed E-state index contributed by atoms with van der Waals surface area (Å²) in [5, 5.41) is 18.6. The quantitative estimate of drug-likeness (QED) is 0.733. The molecule has 6 heteroatoms. The number of aromatic hydroxyl groups is 1. The van der Waals surface area contributed by atoms with E-state index < -0.39 is 12.3 Å². The van der Waals surface area contributed by atoms with E-state index in [1.54, 1.807) is 30.5 Å². The third-order valence-electron chi connectivity index (χ3n) is 4.77. The molecule has 1 aromatic carbocycles. The van der Waals surface area contributed by atoms with Crippen LogP contribution in [0.1, 0.15) is 25.7 Å². The van der Waals surface area contributed by atoms with Gasteiger partial charge < -0.3 is 9.84 Å². The number of benzene rings is 1. The Hall–Kier alpha value is -3.02. The van der Waals surface area contributed by atoms with Gasteiger partial charge in [0.05, 0.1) is 11.4 Å². The van der Waals surface area contributed by atoms with Crippen LogP contribution < -0.4 is 4.74 Å². The van der Waals surface area contributed by atoms with Gasteiger partial charge in [-0.3, -0.25) is 4.98 Å². The average molecular weight is 365 g/mol. The van der Waals surface area contributed by atoms with E-state index in [0.717, 1.165) is 24.1 Å². The molecule has 0 amide bonds. The minimum atomic E-state index is -0.955. The van der Waals surface area contributed by atoms with Crippen molar-refractivity contribution in [3.8, 4) is 34.1 Å². The van der Waals surface area contributed by atoms with Gasteiger partial charge in [0.15, 0.2) is 0 Å². The summed E-state index contributed by atoms with van der Waals surface area (Å²) >= 11 is 0. The summed E-state index contributed by atoms with van der Waals surface area (Å²) in [7, 11) is 0. The van der Waals surface area contributed by atoms with Crippen LogP contribution in [0.3, 0.4) is 0 Å². The monoisotopic (exact) mass is 365 g/mol. The zero-order valence-electron chi connectivity index (χ0n) is 14.8. The van der Waals surface area contributed by atoms with Crippen LogP contribution in [0.2, 0.25) is 0 Å². The van der Waals surface area contributed by atoms with Gasteiger partial charge in [-0.25, -0.2) is 4.39 Å². The second-order valence-electron chi connectivity index (χ2n) is 6.66. The van der Waals surface area contributed by atoms with Gasteiger partial charge in [-0.05, 0) is 49.6 Å².